The average Bonchev–Trinajstić information content (AvgIpc) is 4.04. The van der Waals surface area contributed by atoms with Gasteiger partial charge in [-0.3, -0.25) is 23.9 Å². The lowest BCUT2D eigenvalue weighted by Crippen LogP contribution is -2.57. The second-order valence-corrected chi connectivity index (χ2v) is 18.6. The summed E-state index contributed by atoms with van der Waals surface area (Å²) in [6.07, 6.45) is 12.0. The number of allylic oxidation sites excluding steroid dienone is 1. The minimum Gasteiger partial charge on any atom is -0.472 e. The number of nitrogens with zero attached hydrogens (tertiary/aromatic N) is 2. The van der Waals surface area contributed by atoms with Crippen molar-refractivity contribution in [3.05, 3.63) is 54.8 Å². The van der Waals surface area contributed by atoms with E-state index in [1.807, 2.05) is 45.0 Å². The summed E-state index contributed by atoms with van der Waals surface area (Å²) in [6.45, 7) is 9.49. The van der Waals surface area contributed by atoms with Crippen LogP contribution in [-0.2, 0) is 33.9 Å². The van der Waals surface area contributed by atoms with E-state index < -0.39 is 73.9 Å². The topological polar surface area (TPSA) is 161 Å². The SMILES string of the molecule is C=C[C@H]1C[C@]1(NC(=O)[C@@H]1C[C@@H]2CN1C(=O)[C@H](C(C)(C)C)CC(=O)O[C@@H]1CCCC[C@H]1C/C=C/c1ccc3ccnc(c3c1)O2)C(=O)NS(=O)(=O)C1CC1. The maximum absolute atomic E-state index is 14.7. The van der Waals surface area contributed by atoms with E-state index >= 15 is 0 Å². The van der Waals surface area contributed by atoms with Crippen LogP contribution in [0.2, 0.25) is 0 Å². The Morgan fingerprint density at radius 2 is 1.85 bits per heavy atom. The van der Waals surface area contributed by atoms with E-state index in [2.05, 4.69) is 33.8 Å². The Morgan fingerprint density at radius 1 is 1.08 bits per heavy atom. The van der Waals surface area contributed by atoms with Crippen LogP contribution in [0.3, 0.4) is 0 Å². The summed E-state index contributed by atoms with van der Waals surface area (Å²) in [6, 6.07) is 6.85. The first kappa shape index (κ1) is 37.1. The van der Waals surface area contributed by atoms with Crippen molar-refractivity contribution in [2.24, 2.45) is 23.2 Å². The Kier molecular flexibility index (Phi) is 9.92. The first-order chi connectivity index (χ1) is 25.2. The molecule has 3 saturated carbocycles. The van der Waals surface area contributed by atoms with E-state index in [4.69, 9.17) is 9.47 Å². The zero-order valence-corrected chi connectivity index (χ0v) is 31.5. The molecule has 7 atom stereocenters. The van der Waals surface area contributed by atoms with Crippen LogP contribution in [0.5, 0.6) is 5.88 Å². The quantitative estimate of drug-likeness (QED) is 0.312. The second kappa shape index (κ2) is 14.2. The number of rotatable bonds is 6. The predicted molar refractivity (Wildman–Crippen MR) is 199 cm³/mol. The summed E-state index contributed by atoms with van der Waals surface area (Å²) in [4.78, 5) is 62.2. The van der Waals surface area contributed by atoms with Crippen LogP contribution in [0.25, 0.3) is 16.8 Å². The van der Waals surface area contributed by atoms with Gasteiger partial charge in [-0.25, -0.2) is 13.4 Å². The molecule has 1 aromatic heterocycles. The minimum absolute atomic E-state index is 0.0288. The van der Waals surface area contributed by atoms with Gasteiger partial charge in [0.15, 0.2) is 0 Å². The van der Waals surface area contributed by atoms with Crippen LogP contribution in [0.1, 0.15) is 90.5 Å². The Hall–Kier alpha value is -4.26. The molecule has 1 saturated heterocycles. The monoisotopic (exact) mass is 746 g/mol. The van der Waals surface area contributed by atoms with Crippen molar-refractivity contribution in [3.8, 4) is 5.88 Å². The molecule has 13 heteroatoms. The van der Waals surface area contributed by atoms with Gasteiger partial charge in [-0.05, 0) is 79.4 Å². The maximum Gasteiger partial charge on any atom is 0.306 e. The zero-order valence-electron chi connectivity index (χ0n) is 30.7. The third kappa shape index (κ3) is 7.72. The molecule has 5 aliphatic rings. The van der Waals surface area contributed by atoms with E-state index in [-0.39, 0.29) is 37.8 Å². The van der Waals surface area contributed by atoms with Crippen molar-refractivity contribution in [2.45, 2.75) is 114 Å². The Morgan fingerprint density at radius 3 is 2.57 bits per heavy atom. The minimum atomic E-state index is -3.88. The molecular weight excluding hydrogens is 697 g/mol. The number of carbonyl (C=O) groups excluding carboxylic acids is 4. The number of sulfonamides is 1. The summed E-state index contributed by atoms with van der Waals surface area (Å²) in [5, 5.41) is 3.93. The number of esters is 1. The number of ether oxygens (including phenoxy) is 2. The molecular formula is C40H50N4O8S. The van der Waals surface area contributed by atoms with Crippen molar-refractivity contribution in [2.75, 3.05) is 6.54 Å². The molecule has 0 unspecified atom stereocenters. The first-order valence-corrected chi connectivity index (χ1v) is 20.5. The van der Waals surface area contributed by atoms with Crippen LogP contribution in [0.15, 0.2) is 49.2 Å². The molecule has 7 rings (SSSR count). The highest BCUT2D eigenvalue weighted by Crippen LogP contribution is 2.46. The molecule has 4 bridgehead atoms. The molecule has 2 aromatic rings. The Labute approximate surface area is 311 Å². The summed E-state index contributed by atoms with van der Waals surface area (Å²) >= 11 is 0. The van der Waals surface area contributed by atoms with Gasteiger partial charge in [0, 0.05) is 23.9 Å². The lowest BCUT2D eigenvalue weighted by molar-refractivity contribution is -0.160. The molecule has 12 nitrogen and oxygen atoms in total. The van der Waals surface area contributed by atoms with Crippen LogP contribution in [0, 0.1) is 23.2 Å². The van der Waals surface area contributed by atoms with Gasteiger partial charge in [0.25, 0.3) is 5.91 Å². The van der Waals surface area contributed by atoms with Gasteiger partial charge in [-0.2, -0.15) is 0 Å². The number of carbonyl (C=O) groups is 4. The van der Waals surface area contributed by atoms with Gasteiger partial charge < -0.3 is 19.7 Å². The lowest BCUT2D eigenvalue weighted by Gasteiger charge is -2.36. The van der Waals surface area contributed by atoms with Gasteiger partial charge in [-0.1, -0.05) is 57.6 Å². The van der Waals surface area contributed by atoms with Gasteiger partial charge in [0.1, 0.15) is 23.8 Å². The molecule has 2 aliphatic heterocycles. The molecule has 3 amide bonds. The van der Waals surface area contributed by atoms with Gasteiger partial charge >= 0.3 is 5.97 Å². The highest BCUT2D eigenvalue weighted by molar-refractivity contribution is 7.91. The average molecular weight is 747 g/mol. The summed E-state index contributed by atoms with van der Waals surface area (Å²) in [5.74, 6) is -3.07. The summed E-state index contributed by atoms with van der Waals surface area (Å²) in [7, 11) is -3.88. The number of fused-ring (bicyclic) bond motifs is 4. The smallest absolute Gasteiger partial charge is 0.306 e. The van der Waals surface area contributed by atoms with Gasteiger partial charge in [0.05, 0.1) is 24.1 Å². The molecule has 53 heavy (non-hydrogen) atoms. The van der Waals surface area contributed by atoms with E-state index in [1.54, 1.807) is 6.20 Å². The fourth-order valence-electron chi connectivity index (χ4n) is 8.23. The van der Waals surface area contributed by atoms with Crippen LogP contribution in [-0.4, -0.2) is 77.6 Å². The first-order valence-electron chi connectivity index (χ1n) is 18.9. The van der Waals surface area contributed by atoms with E-state index in [9.17, 15) is 27.6 Å². The highest BCUT2D eigenvalue weighted by atomic mass is 32.2. The summed E-state index contributed by atoms with van der Waals surface area (Å²) < 4.78 is 40.3. The molecule has 1 aromatic carbocycles. The van der Waals surface area contributed by atoms with Crippen LogP contribution in [0.4, 0.5) is 0 Å². The van der Waals surface area contributed by atoms with Crippen molar-refractivity contribution in [3.63, 3.8) is 0 Å². The Balaban J connectivity index is 1.23. The fourth-order valence-corrected chi connectivity index (χ4v) is 9.60. The number of nitrogens with one attached hydrogen (secondary N) is 2. The lowest BCUT2D eigenvalue weighted by atomic mass is 9.77. The van der Waals surface area contributed by atoms with E-state index in [1.165, 1.54) is 11.0 Å². The largest absolute Gasteiger partial charge is 0.472 e. The highest BCUT2D eigenvalue weighted by Gasteiger charge is 2.62. The summed E-state index contributed by atoms with van der Waals surface area (Å²) in [5.41, 5.74) is -1.24. The standard InChI is InChI=1S/C40H50N4O8S/c1-5-27-22-40(27,38(48)43-53(49,50)29-15-16-29)42-35(46)32-20-28-23-44(32)37(47)31(39(2,3)4)21-34(45)52-33-12-7-6-10-26(33)11-8-9-24-13-14-25-17-18-41-36(51-28)30(25)19-24/h5,8-9,13-14,17-19,26-29,31-33H,1,6-7,10-12,15-16,20-23H2,2-4H3,(H,42,46)(H,43,48)/b9-8+/t26-,27-,28+,31+,32-,33+,40+/m0/s1. The molecule has 284 valence electrons. The number of hydrogen-bond donors (Lipinski definition) is 2. The normalized spacial score (nSPS) is 31.3. The number of aromatic nitrogens is 1. The van der Waals surface area contributed by atoms with Crippen LogP contribution < -0.4 is 14.8 Å². The maximum atomic E-state index is 14.7. The number of hydrogen-bond acceptors (Lipinski definition) is 9. The van der Waals surface area contributed by atoms with Crippen molar-refractivity contribution < 1.29 is 37.1 Å². The molecule has 0 radical (unpaired) electrons. The second-order valence-electron chi connectivity index (χ2n) is 16.6. The van der Waals surface area contributed by atoms with E-state index in [0.29, 0.717) is 18.7 Å². The van der Waals surface area contributed by atoms with Crippen molar-refractivity contribution in [1.82, 2.24) is 19.9 Å². The van der Waals surface area contributed by atoms with E-state index in [0.717, 1.165) is 48.4 Å². The van der Waals surface area contributed by atoms with Crippen molar-refractivity contribution >= 4 is 50.6 Å². The zero-order chi connectivity index (χ0) is 37.7. The van der Waals surface area contributed by atoms with Gasteiger partial charge in [-0.15, -0.1) is 6.58 Å². The molecule has 0 spiro atoms. The predicted octanol–water partition coefficient (Wildman–Crippen LogP) is 4.82. The molecule has 2 N–H and O–H groups in total. The number of amides is 3. The van der Waals surface area contributed by atoms with Crippen LogP contribution >= 0.6 is 0 Å². The molecule has 4 fully saturated rings. The Bertz CT molecular complexity index is 1950. The number of benzene rings is 1. The molecule has 3 heterocycles. The third-order valence-electron chi connectivity index (χ3n) is 11.7. The van der Waals surface area contributed by atoms with Crippen molar-refractivity contribution in [1.29, 1.82) is 0 Å². The van der Waals surface area contributed by atoms with Gasteiger partial charge in [0.2, 0.25) is 27.7 Å². The molecule has 3 aliphatic carbocycles. The number of pyridine rings is 1. The third-order valence-corrected chi connectivity index (χ3v) is 13.5. The fraction of sp³-hybridized carbons (Fsp3) is 0.575.